The molecule has 1 aromatic carbocycles. The third-order valence-electron chi connectivity index (χ3n) is 3.57. The minimum atomic E-state index is -0.120. The van der Waals surface area contributed by atoms with E-state index in [1.165, 1.54) is 4.68 Å². The topological polar surface area (TPSA) is 44.1 Å². The van der Waals surface area contributed by atoms with Crippen molar-refractivity contribution in [3.05, 3.63) is 53.3 Å². The van der Waals surface area contributed by atoms with Crippen LogP contribution in [0.3, 0.4) is 0 Å². The van der Waals surface area contributed by atoms with Gasteiger partial charge in [0.1, 0.15) is 5.69 Å². The number of hydrogen-bond donors (Lipinski definition) is 0. The molecule has 0 atom stereocenters. The Labute approximate surface area is 184 Å². The van der Waals surface area contributed by atoms with Crippen molar-refractivity contribution in [2.24, 2.45) is 13.0 Å². The second-order valence-electron chi connectivity index (χ2n) is 5.93. The van der Waals surface area contributed by atoms with Gasteiger partial charge in [-0.05, 0) is 37.3 Å². The first kappa shape index (κ1) is 27.2. The van der Waals surface area contributed by atoms with Gasteiger partial charge in [-0.2, -0.15) is 5.10 Å². The molecule has 0 bridgehead atoms. The molecule has 0 saturated heterocycles. The van der Waals surface area contributed by atoms with Crippen molar-refractivity contribution in [2.75, 3.05) is 6.61 Å². The average Bonchev–Trinajstić information content (AvgIpc) is 2.55. The van der Waals surface area contributed by atoms with E-state index in [2.05, 4.69) is 18.9 Å². The number of hydrogen-bond acceptors (Lipinski definition) is 3. The largest absolute Gasteiger partial charge is 0.491 e. The van der Waals surface area contributed by atoms with Crippen LogP contribution in [0.25, 0.3) is 11.1 Å². The summed E-state index contributed by atoms with van der Waals surface area (Å²) in [4.78, 5) is 12.7. The predicted octanol–water partition coefficient (Wildman–Crippen LogP) is 4.83. The van der Waals surface area contributed by atoms with Crippen molar-refractivity contribution in [3.8, 4) is 16.9 Å². The number of aromatic nitrogens is 2. The maximum absolute atomic E-state index is 12.7. The van der Waals surface area contributed by atoms with Gasteiger partial charge in [0, 0.05) is 39.8 Å². The summed E-state index contributed by atoms with van der Waals surface area (Å²) in [5.41, 5.74) is 3.32. The van der Waals surface area contributed by atoms with Crippen LogP contribution in [0, 0.1) is 20.3 Å². The van der Waals surface area contributed by atoms with Crippen molar-refractivity contribution < 1.29 is 37.4 Å². The number of benzene rings is 1. The van der Waals surface area contributed by atoms with Crippen LogP contribution in [0.5, 0.6) is 5.75 Å². The van der Waals surface area contributed by atoms with E-state index in [1.807, 2.05) is 52.0 Å². The Morgan fingerprint density at radius 1 is 1.19 bits per heavy atom. The Kier molecular flexibility index (Phi) is 13.8. The maximum Gasteiger partial charge on any atom is 0.278 e. The standard InChI is InChI=1S/C18H24N2O2.C2H6.CH3.Y/c1-6-22-17-15(11-12(2)3)19-20(5)18(21)16(17)14-10-8-7-9-13(14)4;1-2;;/h7-10,12H,6,11H2,1-5H3;1-2H3;1H3;/q;;-1;. The Balaban J connectivity index is 0. The fourth-order valence-electron chi connectivity index (χ4n) is 2.59. The van der Waals surface area contributed by atoms with Crippen LogP contribution in [-0.4, -0.2) is 16.4 Å². The summed E-state index contributed by atoms with van der Waals surface area (Å²) in [7, 11) is 1.70. The van der Waals surface area contributed by atoms with E-state index in [0.717, 1.165) is 23.2 Å². The van der Waals surface area contributed by atoms with Crippen LogP contribution in [-0.2, 0) is 46.2 Å². The molecule has 0 aliphatic carbocycles. The normalized spacial score (nSPS) is 9.54. The first-order valence-corrected chi connectivity index (χ1v) is 8.74. The SMILES string of the molecule is CC.CCOc1c(CC(C)C)nn(C)c(=O)c1-c1ccccc1C.[CH3-].[Y]. The summed E-state index contributed by atoms with van der Waals surface area (Å²) in [6.45, 7) is 12.7. The van der Waals surface area contributed by atoms with E-state index in [0.29, 0.717) is 23.8 Å². The molecule has 5 heteroatoms. The molecular formula is C21H33N2O2Y-. The summed E-state index contributed by atoms with van der Waals surface area (Å²) in [5, 5.41) is 4.43. The molecule has 0 aliphatic rings. The Morgan fingerprint density at radius 3 is 2.27 bits per heavy atom. The van der Waals surface area contributed by atoms with Gasteiger partial charge in [-0.25, -0.2) is 4.68 Å². The van der Waals surface area contributed by atoms with Gasteiger partial charge in [0.2, 0.25) is 0 Å². The zero-order valence-corrected chi connectivity index (χ0v) is 20.4. The Hall–Kier alpha value is -0.996. The third kappa shape index (κ3) is 6.62. The second kappa shape index (κ2) is 13.2. The van der Waals surface area contributed by atoms with Crippen LogP contribution < -0.4 is 10.3 Å². The number of aryl methyl sites for hydroxylation is 2. The van der Waals surface area contributed by atoms with Gasteiger partial charge in [-0.1, -0.05) is 52.0 Å². The van der Waals surface area contributed by atoms with Gasteiger partial charge in [0.05, 0.1) is 12.2 Å². The van der Waals surface area contributed by atoms with Crippen molar-refractivity contribution in [1.29, 1.82) is 0 Å². The van der Waals surface area contributed by atoms with E-state index in [4.69, 9.17) is 4.74 Å². The molecular weight excluding hydrogens is 401 g/mol. The van der Waals surface area contributed by atoms with E-state index in [1.54, 1.807) is 7.05 Å². The van der Waals surface area contributed by atoms with Gasteiger partial charge < -0.3 is 12.2 Å². The molecule has 0 saturated carbocycles. The molecule has 0 N–H and O–H groups in total. The van der Waals surface area contributed by atoms with Gasteiger partial charge >= 0.3 is 0 Å². The summed E-state index contributed by atoms with van der Waals surface area (Å²) in [6, 6.07) is 7.89. The van der Waals surface area contributed by atoms with E-state index >= 15 is 0 Å². The van der Waals surface area contributed by atoms with Crippen molar-refractivity contribution in [2.45, 2.75) is 48.0 Å². The van der Waals surface area contributed by atoms with E-state index < -0.39 is 0 Å². The first-order chi connectivity index (χ1) is 11.5. The average molecular weight is 434 g/mol. The van der Waals surface area contributed by atoms with Gasteiger partial charge in [-0.15, -0.1) is 0 Å². The van der Waals surface area contributed by atoms with Gasteiger partial charge in [-0.3, -0.25) is 4.79 Å². The minimum absolute atomic E-state index is 0. The van der Waals surface area contributed by atoms with E-state index in [-0.39, 0.29) is 45.7 Å². The second-order valence-corrected chi connectivity index (χ2v) is 5.93. The molecule has 1 aromatic heterocycles. The van der Waals surface area contributed by atoms with Crippen molar-refractivity contribution in [3.63, 3.8) is 0 Å². The van der Waals surface area contributed by atoms with Crippen molar-refractivity contribution in [1.82, 2.24) is 9.78 Å². The molecule has 143 valence electrons. The van der Waals surface area contributed by atoms with Crippen LogP contribution in [0.4, 0.5) is 0 Å². The third-order valence-corrected chi connectivity index (χ3v) is 3.57. The van der Waals surface area contributed by atoms with Crippen LogP contribution in [0.15, 0.2) is 29.1 Å². The fraction of sp³-hybridized carbons (Fsp3) is 0.476. The van der Waals surface area contributed by atoms with Gasteiger partial charge in [0.15, 0.2) is 5.75 Å². The molecule has 0 aliphatic heterocycles. The smallest absolute Gasteiger partial charge is 0.278 e. The fourth-order valence-corrected chi connectivity index (χ4v) is 2.59. The molecule has 4 nitrogen and oxygen atoms in total. The van der Waals surface area contributed by atoms with Gasteiger partial charge in [0.25, 0.3) is 5.56 Å². The summed E-state index contributed by atoms with van der Waals surface area (Å²) < 4.78 is 7.26. The maximum atomic E-state index is 12.7. The molecule has 2 aromatic rings. The van der Waals surface area contributed by atoms with Crippen molar-refractivity contribution >= 4 is 0 Å². The van der Waals surface area contributed by atoms with E-state index in [9.17, 15) is 4.79 Å². The summed E-state index contributed by atoms with van der Waals surface area (Å²) in [5.74, 6) is 1.07. The van der Waals surface area contributed by atoms with Crippen LogP contribution in [0.2, 0.25) is 0 Å². The minimum Gasteiger partial charge on any atom is -0.491 e. The summed E-state index contributed by atoms with van der Waals surface area (Å²) >= 11 is 0. The Morgan fingerprint density at radius 2 is 1.77 bits per heavy atom. The molecule has 0 fully saturated rings. The predicted molar refractivity (Wildman–Crippen MR) is 107 cm³/mol. The molecule has 0 unspecified atom stereocenters. The molecule has 0 spiro atoms. The zero-order valence-electron chi connectivity index (χ0n) is 17.6. The zero-order chi connectivity index (χ0) is 18.3. The molecule has 2 rings (SSSR count). The Bertz CT molecular complexity index is 724. The molecule has 1 heterocycles. The number of ether oxygens (including phenoxy) is 1. The summed E-state index contributed by atoms with van der Waals surface area (Å²) in [6.07, 6.45) is 0.780. The van der Waals surface area contributed by atoms with Crippen LogP contribution >= 0.6 is 0 Å². The molecule has 0 amide bonds. The first-order valence-electron chi connectivity index (χ1n) is 8.74. The number of rotatable bonds is 5. The quantitative estimate of drug-likeness (QED) is 0.634. The van der Waals surface area contributed by atoms with Crippen LogP contribution in [0.1, 0.15) is 45.9 Å². The number of nitrogens with zero attached hydrogens (tertiary/aromatic N) is 2. The molecule has 26 heavy (non-hydrogen) atoms. The monoisotopic (exact) mass is 434 g/mol. The molecule has 1 radical (unpaired) electrons.